The van der Waals surface area contributed by atoms with E-state index < -0.39 is 17.8 Å². The first kappa shape index (κ1) is 17.7. The normalized spacial score (nSPS) is 9.09. The topological polar surface area (TPSA) is 142 Å². The molecule has 2 aromatic rings. The first-order valence-corrected chi connectivity index (χ1v) is 6.29. The van der Waals surface area contributed by atoms with Crippen molar-refractivity contribution in [3.8, 4) is 0 Å². The number of aliphatic carboxylic acids is 1. The Hall–Kier alpha value is -3.33. The molecule has 0 fully saturated rings. The first-order valence-electron chi connectivity index (χ1n) is 6.29. The van der Waals surface area contributed by atoms with Gasteiger partial charge < -0.3 is 10.4 Å². The zero-order valence-electron chi connectivity index (χ0n) is 11.8. The minimum absolute atomic E-state index is 0.338. The van der Waals surface area contributed by atoms with Gasteiger partial charge in [0.25, 0.3) is 11.8 Å². The molecule has 0 radical (unpaired) electrons. The third-order valence-corrected chi connectivity index (χ3v) is 2.35. The zero-order valence-corrected chi connectivity index (χ0v) is 11.8. The van der Waals surface area contributed by atoms with Gasteiger partial charge in [0.1, 0.15) is 6.54 Å². The molecule has 0 bridgehead atoms. The molecule has 0 saturated carbocycles. The summed E-state index contributed by atoms with van der Waals surface area (Å²) < 4.78 is 0. The van der Waals surface area contributed by atoms with E-state index in [4.69, 9.17) is 10.3 Å². The van der Waals surface area contributed by atoms with E-state index in [0.717, 1.165) is 0 Å². The number of nitrogens with one attached hydrogen (secondary N) is 2. The van der Waals surface area contributed by atoms with E-state index in [1.807, 2.05) is 0 Å². The summed E-state index contributed by atoms with van der Waals surface area (Å²) in [7, 11) is 0. The van der Waals surface area contributed by atoms with Crippen LogP contribution in [0.15, 0.2) is 49.1 Å². The van der Waals surface area contributed by atoms with Gasteiger partial charge in [0.15, 0.2) is 0 Å². The Bertz CT molecular complexity index is 649. The molecule has 0 spiro atoms. The van der Waals surface area contributed by atoms with E-state index in [1.54, 1.807) is 30.5 Å². The third-order valence-electron chi connectivity index (χ3n) is 2.35. The quantitative estimate of drug-likeness (QED) is 0.462. The van der Waals surface area contributed by atoms with Crippen LogP contribution in [0.2, 0.25) is 0 Å². The fourth-order valence-corrected chi connectivity index (χ4v) is 1.32. The Morgan fingerprint density at radius 3 is 1.87 bits per heavy atom. The maximum absolute atomic E-state index is 11.1. The van der Waals surface area contributed by atoms with E-state index in [-0.39, 0.29) is 6.54 Å². The highest BCUT2D eigenvalue weighted by Crippen LogP contribution is 1.94. The number of amides is 2. The number of carbonyl (C=O) groups excluding carboxylic acids is 2. The van der Waals surface area contributed by atoms with Gasteiger partial charge >= 0.3 is 5.97 Å². The molecule has 2 amide bonds. The molecule has 2 heterocycles. The van der Waals surface area contributed by atoms with Crippen molar-refractivity contribution >= 4 is 17.8 Å². The minimum Gasteiger partial charge on any atom is -0.480 e. The molecule has 0 atom stereocenters. The lowest BCUT2D eigenvalue weighted by Gasteiger charge is -2.00. The van der Waals surface area contributed by atoms with Crippen molar-refractivity contribution < 1.29 is 24.7 Å². The van der Waals surface area contributed by atoms with Crippen LogP contribution in [-0.2, 0) is 4.79 Å². The molecular weight excluding hydrogens is 304 g/mol. The molecule has 0 aromatic carbocycles. The number of pyridine rings is 2. The number of carboxylic acid groups (broad SMARTS) is 1. The highest BCUT2D eigenvalue weighted by atomic mass is 16.5. The lowest BCUT2D eigenvalue weighted by molar-refractivity contribution is -0.135. The van der Waals surface area contributed by atoms with Crippen LogP contribution in [0.25, 0.3) is 0 Å². The number of carbonyl (C=O) groups is 3. The number of nitrogens with zero attached hydrogens (tertiary/aromatic N) is 2. The molecule has 23 heavy (non-hydrogen) atoms. The van der Waals surface area contributed by atoms with Gasteiger partial charge in [-0.1, -0.05) is 0 Å². The summed E-state index contributed by atoms with van der Waals surface area (Å²) in [6.07, 6.45) is 5.82. The van der Waals surface area contributed by atoms with Crippen LogP contribution in [0, 0.1) is 0 Å². The summed E-state index contributed by atoms with van der Waals surface area (Å²) in [6.45, 7) is -0.381. The summed E-state index contributed by atoms with van der Waals surface area (Å²) in [6, 6.07) is 6.34. The monoisotopic (exact) mass is 318 g/mol. The Morgan fingerprint density at radius 1 is 0.957 bits per heavy atom. The molecule has 0 aliphatic heterocycles. The van der Waals surface area contributed by atoms with Crippen LogP contribution in [0.4, 0.5) is 0 Å². The van der Waals surface area contributed by atoms with Crippen molar-refractivity contribution in [3.63, 3.8) is 0 Å². The molecule has 0 aliphatic rings. The molecule has 0 unspecified atom stereocenters. The van der Waals surface area contributed by atoms with Crippen LogP contribution in [-0.4, -0.2) is 44.6 Å². The summed E-state index contributed by atoms with van der Waals surface area (Å²) in [5.74, 6) is -2.05. The van der Waals surface area contributed by atoms with Crippen LogP contribution in [0.5, 0.6) is 0 Å². The van der Waals surface area contributed by atoms with Crippen molar-refractivity contribution in [1.29, 1.82) is 0 Å². The second-order valence-corrected chi connectivity index (χ2v) is 4.00. The van der Waals surface area contributed by atoms with Gasteiger partial charge in [-0.15, -0.1) is 0 Å². The lowest BCUT2D eigenvalue weighted by Crippen LogP contribution is -2.29. The number of hydrogen-bond donors (Lipinski definition) is 4. The molecule has 4 N–H and O–H groups in total. The van der Waals surface area contributed by atoms with Gasteiger partial charge in [0.2, 0.25) is 0 Å². The van der Waals surface area contributed by atoms with Gasteiger partial charge in [-0.05, 0) is 24.3 Å². The predicted octanol–water partition coefficient (Wildman–Crippen LogP) is 0.0966. The van der Waals surface area contributed by atoms with E-state index in [0.29, 0.717) is 11.1 Å². The minimum atomic E-state index is -1.07. The van der Waals surface area contributed by atoms with Crippen molar-refractivity contribution in [3.05, 3.63) is 60.2 Å². The molecule has 2 aromatic heterocycles. The Balaban J connectivity index is 0.000000238. The fourth-order valence-electron chi connectivity index (χ4n) is 1.32. The largest absolute Gasteiger partial charge is 0.480 e. The molecule has 2 rings (SSSR count). The van der Waals surface area contributed by atoms with Crippen LogP contribution >= 0.6 is 0 Å². The van der Waals surface area contributed by atoms with Gasteiger partial charge in [-0.3, -0.25) is 29.6 Å². The van der Waals surface area contributed by atoms with Crippen LogP contribution in [0.3, 0.4) is 0 Å². The Kier molecular flexibility index (Phi) is 7.38. The standard InChI is InChI=1S/C8H8N2O3.C6H6N2O2/c11-7(12)5-10-8(13)6-2-1-3-9-4-6;9-6(8-10)5-2-1-3-7-4-5/h1-4H,5H2,(H,10,13)(H,11,12);1-4,10H,(H,8,9). The Morgan fingerprint density at radius 2 is 1.48 bits per heavy atom. The van der Waals surface area contributed by atoms with Crippen LogP contribution < -0.4 is 10.8 Å². The highest BCUT2D eigenvalue weighted by molar-refractivity contribution is 5.95. The van der Waals surface area contributed by atoms with Gasteiger partial charge in [-0.2, -0.15) is 0 Å². The molecule has 120 valence electrons. The smallest absolute Gasteiger partial charge is 0.322 e. The maximum atomic E-state index is 11.1. The maximum Gasteiger partial charge on any atom is 0.322 e. The van der Waals surface area contributed by atoms with Gasteiger partial charge in [0, 0.05) is 24.8 Å². The third kappa shape index (κ3) is 6.78. The fraction of sp³-hybridized carbons (Fsp3) is 0.0714. The molecular formula is C14H14N4O5. The van der Waals surface area contributed by atoms with Crippen molar-refractivity contribution in [1.82, 2.24) is 20.8 Å². The summed E-state index contributed by atoms with van der Waals surface area (Å²) in [5, 5.41) is 18.7. The van der Waals surface area contributed by atoms with Crippen molar-refractivity contribution in [2.24, 2.45) is 0 Å². The molecule has 9 heteroatoms. The number of hydroxylamine groups is 1. The first-order chi connectivity index (χ1) is 11.0. The number of rotatable bonds is 4. The van der Waals surface area contributed by atoms with E-state index in [9.17, 15) is 14.4 Å². The van der Waals surface area contributed by atoms with Gasteiger partial charge in [-0.25, -0.2) is 5.48 Å². The van der Waals surface area contributed by atoms with E-state index in [2.05, 4.69) is 15.3 Å². The molecule has 0 aliphatic carbocycles. The summed E-state index contributed by atoms with van der Waals surface area (Å²) in [5.41, 5.74) is 2.19. The second-order valence-electron chi connectivity index (χ2n) is 4.00. The second kappa shape index (κ2) is 9.58. The van der Waals surface area contributed by atoms with Crippen LogP contribution in [0.1, 0.15) is 20.7 Å². The lowest BCUT2D eigenvalue weighted by atomic mass is 10.3. The van der Waals surface area contributed by atoms with E-state index in [1.165, 1.54) is 24.1 Å². The van der Waals surface area contributed by atoms with Crippen molar-refractivity contribution in [2.75, 3.05) is 6.54 Å². The van der Waals surface area contributed by atoms with Gasteiger partial charge in [0.05, 0.1) is 11.1 Å². The average Bonchev–Trinajstić information content (AvgIpc) is 2.61. The molecule has 9 nitrogen and oxygen atoms in total. The zero-order chi connectivity index (χ0) is 17.1. The molecule has 0 saturated heterocycles. The average molecular weight is 318 g/mol. The number of hydrogen-bond acceptors (Lipinski definition) is 6. The SMILES string of the molecule is O=C(NO)c1cccnc1.O=C(O)CNC(=O)c1cccnc1. The Labute approximate surface area is 131 Å². The predicted molar refractivity (Wildman–Crippen MR) is 77.7 cm³/mol. The van der Waals surface area contributed by atoms with E-state index >= 15 is 0 Å². The summed E-state index contributed by atoms with van der Waals surface area (Å²) in [4.78, 5) is 39.3. The highest BCUT2D eigenvalue weighted by Gasteiger charge is 2.05. The van der Waals surface area contributed by atoms with Crippen molar-refractivity contribution in [2.45, 2.75) is 0 Å². The number of carboxylic acids is 1. The summed E-state index contributed by atoms with van der Waals surface area (Å²) >= 11 is 0. The number of aromatic nitrogens is 2.